The zero-order valence-electron chi connectivity index (χ0n) is 18.5. The number of fused-ring (bicyclic) bond motifs is 1. The molecule has 0 radical (unpaired) electrons. The number of rotatable bonds is 6. The molecule has 3 aromatic rings. The molecule has 166 valence electrons. The molecular weight excluding hydrogens is 404 g/mol. The van der Waals surface area contributed by atoms with Gasteiger partial charge in [0.15, 0.2) is 0 Å². The van der Waals surface area contributed by atoms with Crippen LogP contribution in [0.25, 0.3) is 10.9 Å². The largest absolute Gasteiger partial charge is 0.368 e. The number of hydrogen-bond donors (Lipinski definition) is 1. The van der Waals surface area contributed by atoms with Gasteiger partial charge in [0.2, 0.25) is 5.91 Å². The molecule has 1 aromatic carbocycles. The monoisotopic (exact) mass is 432 g/mol. The molecular formula is C25H28N4O3. The zero-order chi connectivity index (χ0) is 22.5. The standard InChI is InChI=1S/C25H28N4O3/c1-17(2)15-27-25(31)20-14-22(28-21-9-4-3-8-19(20)21)23-16-29(11-12-32-23)24(30)13-18-7-5-6-10-26-18/h3-10,14,17,23H,11-13,15-16H2,1-2H3,(H,27,31)/t23-/m0/s1. The molecule has 1 aliphatic rings. The third kappa shape index (κ3) is 5.11. The smallest absolute Gasteiger partial charge is 0.252 e. The van der Waals surface area contributed by atoms with E-state index in [0.29, 0.717) is 43.4 Å². The second kappa shape index (κ2) is 9.87. The molecule has 2 amide bonds. The summed E-state index contributed by atoms with van der Waals surface area (Å²) in [5, 5.41) is 3.80. The number of ether oxygens (including phenoxy) is 1. The summed E-state index contributed by atoms with van der Waals surface area (Å²) in [6, 6.07) is 15.0. The molecule has 1 aliphatic heterocycles. The van der Waals surface area contributed by atoms with E-state index < -0.39 is 6.10 Å². The molecule has 1 fully saturated rings. The Kier molecular flexibility index (Phi) is 6.75. The molecule has 4 rings (SSSR count). The number of morpholine rings is 1. The van der Waals surface area contributed by atoms with Crippen LogP contribution in [-0.4, -0.2) is 52.9 Å². The average molecular weight is 433 g/mol. The van der Waals surface area contributed by atoms with Gasteiger partial charge in [-0.3, -0.25) is 14.6 Å². The van der Waals surface area contributed by atoms with Gasteiger partial charge >= 0.3 is 0 Å². The van der Waals surface area contributed by atoms with E-state index in [9.17, 15) is 9.59 Å². The van der Waals surface area contributed by atoms with Crippen LogP contribution in [0.5, 0.6) is 0 Å². The molecule has 0 aliphatic carbocycles. The van der Waals surface area contributed by atoms with Crippen molar-refractivity contribution >= 4 is 22.7 Å². The number of carbonyl (C=O) groups is 2. The van der Waals surface area contributed by atoms with Crippen LogP contribution in [0.1, 0.15) is 41.7 Å². The molecule has 2 aromatic heterocycles. The number of carbonyl (C=O) groups excluding carboxylic acids is 2. The number of nitrogens with zero attached hydrogens (tertiary/aromatic N) is 3. The summed E-state index contributed by atoms with van der Waals surface area (Å²) in [6.07, 6.45) is 1.55. The highest BCUT2D eigenvalue weighted by atomic mass is 16.5. The summed E-state index contributed by atoms with van der Waals surface area (Å²) in [5.74, 6) is 0.233. The number of pyridine rings is 2. The van der Waals surface area contributed by atoms with Gasteiger partial charge in [0, 0.05) is 30.4 Å². The summed E-state index contributed by atoms with van der Waals surface area (Å²) in [5.41, 5.74) is 2.72. The second-order valence-electron chi connectivity index (χ2n) is 8.41. The topological polar surface area (TPSA) is 84.4 Å². The molecule has 0 unspecified atom stereocenters. The van der Waals surface area contributed by atoms with Crippen LogP contribution < -0.4 is 5.32 Å². The lowest BCUT2D eigenvalue weighted by Crippen LogP contribution is -2.43. The van der Waals surface area contributed by atoms with E-state index in [1.165, 1.54) is 0 Å². The predicted molar refractivity (Wildman–Crippen MR) is 122 cm³/mol. The predicted octanol–water partition coefficient (Wildman–Crippen LogP) is 3.16. The highest BCUT2D eigenvalue weighted by molar-refractivity contribution is 6.06. The first-order chi connectivity index (χ1) is 15.5. The van der Waals surface area contributed by atoms with Crippen LogP contribution in [0.4, 0.5) is 0 Å². The number of benzene rings is 1. The van der Waals surface area contributed by atoms with Gasteiger partial charge in [-0.1, -0.05) is 38.1 Å². The Morgan fingerprint density at radius 2 is 2.00 bits per heavy atom. The fourth-order valence-corrected chi connectivity index (χ4v) is 3.76. The Morgan fingerprint density at radius 3 is 2.78 bits per heavy atom. The van der Waals surface area contributed by atoms with Crippen LogP contribution in [0.3, 0.4) is 0 Å². The van der Waals surface area contributed by atoms with E-state index in [2.05, 4.69) is 24.1 Å². The van der Waals surface area contributed by atoms with Gasteiger partial charge in [0.25, 0.3) is 5.91 Å². The molecule has 0 spiro atoms. The normalized spacial score (nSPS) is 16.3. The van der Waals surface area contributed by atoms with Gasteiger partial charge in [-0.15, -0.1) is 0 Å². The minimum Gasteiger partial charge on any atom is -0.368 e. The minimum atomic E-state index is -0.391. The Balaban J connectivity index is 1.57. The highest BCUT2D eigenvalue weighted by Crippen LogP contribution is 2.26. The van der Waals surface area contributed by atoms with Gasteiger partial charge in [-0.25, -0.2) is 4.98 Å². The quantitative estimate of drug-likeness (QED) is 0.647. The van der Waals surface area contributed by atoms with Gasteiger partial charge in [-0.2, -0.15) is 0 Å². The number of amides is 2. The fourth-order valence-electron chi connectivity index (χ4n) is 3.76. The third-order valence-corrected chi connectivity index (χ3v) is 5.46. The maximum Gasteiger partial charge on any atom is 0.252 e. The van der Waals surface area contributed by atoms with E-state index in [-0.39, 0.29) is 18.2 Å². The number of para-hydroxylation sites is 1. The second-order valence-corrected chi connectivity index (χ2v) is 8.41. The zero-order valence-corrected chi connectivity index (χ0v) is 18.5. The van der Waals surface area contributed by atoms with E-state index in [1.807, 2.05) is 42.5 Å². The fraction of sp³-hybridized carbons (Fsp3) is 0.360. The molecule has 7 heteroatoms. The number of hydrogen-bond acceptors (Lipinski definition) is 5. The van der Waals surface area contributed by atoms with Crippen molar-refractivity contribution in [1.29, 1.82) is 0 Å². The summed E-state index contributed by atoms with van der Waals surface area (Å²) in [7, 11) is 0. The molecule has 0 saturated carbocycles. The Hall–Kier alpha value is -3.32. The molecule has 1 saturated heterocycles. The van der Waals surface area contributed by atoms with Crippen molar-refractivity contribution in [2.24, 2.45) is 5.92 Å². The van der Waals surface area contributed by atoms with Crippen LogP contribution in [0.15, 0.2) is 54.7 Å². The molecule has 3 heterocycles. The Morgan fingerprint density at radius 1 is 1.19 bits per heavy atom. The van der Waals surface area contributed by atoms with Crippen LogP contribution >= 0.6 is 0 Å². The van der Waals surface area contributed by atoms with Gasteiger partial charge in [0.1, 0.15) is 6.10 Å². The van der Waals surface area contributed by atoms with Crippen molar-refractivity contribution < 1.29 is 14.3 Å². The van der Waals surface area contributed by atoms with Gasteiger partial charge in [0.05, 0.1) is 36.3 Å². The van der Waals surface area contributed by atoms with E-state index >= 15 is 0 Å². The van der Waals surface area contributed by atoms with Crippen molar-refractivity contribution in [2.75, 3.05) is 26.2 Å². The van der Waals surface area contributed by atoms with Crippen molar-refractivity contribution in [3.05, 3.63) is 71.7 Å². The van der Waals surface area contributed by atoms with Crippen LogP contribution in [0, 0.1) is 5.92 Å². The van der Waals surface area contributed by atoms with E-state index in [0.717, 1.165) is 16.6 Å². The third-order valence-electron chi connectivity index (χ3n) is 5.46. The summed E-state index contributed by atoms with van der Waals surface area (Å²) in [4.78, 5) is 36.5. The summed E-state index contributed by atoms with van der Waals surface area (Å²) >= 11 is 0. The highest BCUT2D eigenvalue weighted by Gasteiger charge is 2.28. The molecule has 1 atom stereocenters. The molecule has 32 heavy (non-hydrogen) atoms. The van der Waals surface area contributed by atoms with Crippen molar-refractivity contribution in [3.63, 3.8) is 0 Å². The molecule has 1 N–H and O–H groups in total. The first-order valence-corrected chi connectivity index (χ1v) is 11.0. The first kappa shape index (κ1) is 21.9. The molecule has 7 nitrogen and oxygen atoms in total. The van der Waals surface area contributed by atoms with Crippen molar-refractivity contribution in [2.45, 2.75) is 26.4 Å². The molecule has 0 bridgehead atoms. The van der Waals surface area contributed by atoms with Crippen LogP contribution in [0.2, 0.25) is 0 Å². The maximum absolute atomic E-state index is 12.9. The summed E-state index contributed by atoms with van der Waals surface area (Å²) < 4.78 is 5.97. The van der Waals surface area contributed by atoms with Gasteiger partial charge in [-0.05, 0) is 30.2 Å². The Bertz CT molecular complexity index is 1100. The average Bonchev–Trinajstić information content (AvgIpc) is 2.82. The number of nitrogens with one attached hydrogen (secondary N) is 1. The SMILES string of the molecule is CC(C)CNC(=O)c1cc([C@@H]2CN(C(=O)Cc3ccccn3)CCO2)nc2ccccc12. The van der Waals surface area contributed by atoms with Crippen molar-refractivity contribution in [1.82, 2.24) is 20.2 Å². The Labute approximate surface area is 187 Å². The van der Waals surface area contributed by atoms with Gasteiger partial charge < -0.3 is 15.0 Å². The first-order valence-electron chi connectivity index (χ1n) is 11.0. The van der Waals surface area contributed by atoms with Crippen molar-refractivity contribution in [3.8, 4) is 0 Å². The van der Waals surface area contributed by atoms with E-state index in [1.54, 1.807) is 17.2 Å². The number of aromatic nitrogens is 2. The lowest BCUT2D eigenvalue weighted by Gasteiger charge is -2.33. The lowest BCUT2D eigenvalue weighted by atomic mass is 10.0. The summed E-state index contributed by atoms with van der Waals surface area (Å²) in [6.45, 7) is 6.05. The van der Waals surface area contributed by atoms with Crippen LogP contribution in [-0.2, 0) is 16.0 Å². The van der Waals surface area contributed by atoms with E-state index in [4.69, 9.17) is 9.72 Å². The minimum absolute atomic E-state index is 0.00712. The maximum atomic E-state index is 12.9. The lowest BCUT2D eigenvalue weighted by molar-refractivity contribution is -0.138.